The summed E-state index contributed by atoms with van der Waals surface area (Å²) in [4.78, 5) is 0. The number of allylic oxidation sites excluding steroid dienone is 2. The molecular formula is C34H46O2SiTi-2. The van der Waals surface area contributed by atoms with Gasteiger partial charge in [0.1, 0.15) is 0 Å². The predicted molar refractivity (Wildman–Crippen MR) is 164 cm³/mol. The van der Waals surface area contributed by atoms with Crippen LogP contribution in [0.3, 0.4) is 0 Å². The molecule has 4 rings (SSSR count). The normalized spacial score (nSPS) is 9.53. The molecule has 4 aromatic rings. The third-order valence-electron chi connectivity index (χ3n) is 5.38. The van der Waals surface area contributed by atoms with Crippen LogP contribution in [0.5, 0.6) is 0 Å². The van der Waals surface area contributed by atoms with Gasteiger partial charge in [0.25, 0.3) is 0 Å². The molecule has 0 unspecified atom stereocenters. The molecule has 0 N–H and O–H groups in total. The second-order valence-corrected chi connectivity index (χ2v) is 16.1. The summed E-state index contributed by atoms with van der Waals surface area (Å²) in [5, 5.41) is 24.4. The summed E-state index contributed by atoms with van der Waals surface area (Å²) in [6.45, 7) is 22.2. The van der Waals surface area contributed by atoms with E-state index in [0.717, 1.165) is 25.7 Å². The second kappa shape index (κ2) is 19.7. The molecule has 0 aromatic heterocycles. The van der Waals surface area contributed by atoms with Crippen molar-refractivity contribution in [1.82, 2.24) is 0 Å². The summed E-state index contributed by atoms with van der Waals surface area (Å²) >= 11 is 2.27. The van der Waals surface area contributed by atoms with E-state index in [1.807, 2.05) is 0 Å². The van der Waals surface area contributed by atoms with Gasteiger partial charge < -0.3 is 10.2 Å². The van der Waals surface area contributed by atoms with Gasteiger partial charge in [0.15, 0.2) is 0 Å². The summed E-state index contributed by atoms with van der Waals surface area (Å²) < 4.78 is 0. The van der Waals surface area contributed by atoms with Crippen molar-refractivity contribution < 1.29 is 29.4 Å². The Balaban J connectivity index is 0.000000512. The molecule has 0 fully saturated rings. The fraction of sp³-hybridized carbons (Fsp3) is 0.353. The van der Waals surface area contributed by atoms with E-state index in [4.69, 9.17) is 0 Å². The van der Waals surface area contributed by atoms with E-state index in [9.17, 15) is 10.2 Å². The minimum absolute atomic E-state index is 0.0833. The molecule has 0 heterocycles. The van der Waals surface area contributed by atoms with Gasteiger partial charge in [-0.15, -0.1) is 93.7 Å². The van der Waals surface area contributed by atoms with E-state index in [1.54, 1.807) is 0 Å². The first-order valence-corrected chi connectivity index (χ1v) is 18.2. The van der Waals surface area contributed by atoms with Gasteiger partial charge >= 0.3 is 38.5 Å². The fourth-order valence-corrected chi connectivity index (χ4v) is 3.75. The average molecular weight is 563 g/mol. The molecule has 0 saturated carbocycles. The van der Waals surface area contributed by atoms with E-state index < -0.39 is 0 Å². The van der Waals surface area contributed by atoms with Crippen LogP contribution in [0.4, 0.5) is 0 Å². The standard InChI is InChI=1S/2C13H15.2C3H6O.C2H6Si.Ti/c2*1-3-10-8-12-7-5-6-11(4-2)13(12)9-10;2*1-3(2)4;1-3-2;/h2*5-9H,3-4H2,1-2H3;2*4H,1H2,2H3;1-2H3;/q2*-1;;;;+2/p-2. The van der Waals surface area contributed by atoms with Crippen LogP contribution in [-0.2, 0) is 44.9 Å². The molecule has 0 bridgehead atoms. The van der Waals surface area contributed by atoms with Crippen molar-refractivity contribution in [1.29, 1.82) is 0 Å². The van der Waals surface area contributed by atoms with Crippen LogP contribution in [0.15, 0.2) is 85.3 Å². The van der Waals surface area contributed by atoms with Crippen LogP contribution < -0.4 is 10.2 Å². The first-order chi connectivity index (χ1) is 17.9. The topological polar surface area (TPSA) is 46.1 Å². The molecular weight excluding hydrogens is 516 g/mol. The Morgan fingerprint density at radius 1 is 0.711 bits per heavy atom. The van der Waals surface area contributed by atoms with Gasteiger partial charge in [0.2, 0.25) is 0 Å². The zero-order chi connectivity index (χ0) is 29.3. The van der Waals surface area contributed by atoms with E-state index in [1.165, 1.54) is 57.6 Å². The minimum atomic E-state index is -0.0833. The fourth-order valence-electron chi connectivity index (χ4n) is 3.75. The SMILES string of the molecule is C=C(C)[O-].C=C(C)[O-].CCc1cc2c(CC)cccc2[cH-]1.CCc1cc2c(CC)cccc2[cH-]1.C[Si](C)=[Ti+2]. The van der Waals surface area contributed by atoms with Gasteiger partial charge in [-0.3, -0.25) is 0 Å². The maximum atomic E-state index is 9.33. The monoisotopic (exact) mass is 562 g/mol. The summed E-state index contributed by atoms with van der Waals surface area (Å²) in [6.07, 6.45) is 4.65. The molecule has 204 valence electrons. The molecule has 0 amide bonds. The zero-order valence-corrected chi connectivity index (χ0v) is 27.4. The molecule has 0 radical (unpaired) electrons. The number of benzene rings is 2. The Kier molecular flexibility index (Phi) is 18.5. The summed E-state index contributed by atoms with van der Waals surface area (Å²) in [7, 11) is 0. The van der Waals surface area contributed by atoms with Crippen LogP contribution in [0.25, 0.3) is 21.5 Å². The molecule has 2 nitrogen and oxygen atoms in total. The van der Waals surface area contributed by atoms with Crippen LogP contribution >= 0.6 is 0 Å². The Bertz CT molecular complexity index is 1150. The third kappa shape index (κ3) is 14.6. The van der Waals surface area contributed by atoms with Gasteiger partial charge in [-0.25, -0.2) is 0 Å². The quantitative estimate of drug-likeness (QED) is 0.144. The van der Waals surface area contributed by atoms with Crippen LogP contribution in [0.1, 0.15) is 63.8 Å². The van der Waals surface area contributed by atoms with Gasteiger partial charge in [-0.05, 0) is 25.7 Å². The number of aryl methyl sites for hydroxylation is 4. The van der Waals surface area contributed by atoms with Crippen molar-refractivity contribution >= 4 is 27.7 Å². The molecule has 0 aliphatic heterocycles. The zero-order valence-electron chi connectivity index (χ0n) is 24.8. The summed E-state index contributed by atoms with van der Waals surface area (Å²) in [5.41, 5.74) is 5.85. The molecule has 0 spiro atoms. The Morgan fingerprint density at radius 3 is 1.24 bits per heavy atom. The van der Waals surface area contributed by atoms with Crippen molar-refractivity contribution in [3.05, 3.63) is 108 Å². The van der Waals surface area contributed by atoms with Crippen molar-refractivity contribution in [2.75, 3.05) is 0 Å². The van der Waals surface area contributed by atoms with Gasteiger partial charge in [-0.2, -0.15) is 12.1 Å². The second-order valence-electron chi connectivity index (χ2n) is 9.39. The van der Waals surface area contributed by atoms with Crippen molar-refractivity contribution in [2.45, 2.75) is 80.3 Å². The van der Waals surface area contributed by atoms with Crippen molar-refractivity contribution in [2.24, 2.45) is 0 Å². The van der Waals surface area contributed by atoms with Gasteiger partial charge in [0.05, 0.1) is 0 Å². The molecule has 0 saturated heterocycles. The summed E-state index contributed by atoms with van der Waals surface area (Å²) in [6, 6.07) is 22.4. The van der Waals surface area contributed by atoms with Crippen molar-refractivity contribution in [3.63, 3.8) is 0 Å². The maximum absolute atomic E-state index is 9.33. The molecule has 0 atom stereocenters. The van der Waals surface area contributed by atoms with Crippen LogP contribution in [-0.4, -0.2) is 6.19 Å². The average Bonchev–Trinajstić information content (AvgIpc) is 3.46. The van der Waals surface area contributed by atoms with E-state index >= 15 is 0 Å². The third-order valence-corrected chi connectivity index (χ3v) is 5.38. The number of hydrogen-bond acceptors (Lipinski definition) is 2. The molecule has 0 aliphatic carbocycles. The Morgan fingerprint density at radius 2 is 1.00 bits per heavy atom. The van der Waals surface area contributed by atoms with E-state index in [0.29, 0.717) is 0 Å². The first-order valence-electron chi connectivity index (χ1n) is 13.4. The summed E-state index contributed by atoms with van der Waals surface area (Å²) in [5.74, 6) is -0.167. The van der Waals surface area contributed by atoms with Crippen LogP contribution in [0, 0.1) is 0 Å². The number of fused-ring (bicyclic) bond motifs is 2. The van der Waals surface area contributed by atoms with Crippen LogP contribution in [0.2, 0.25) is 13.1 Å². The van der Waals surface area contributed by atoms with Gasteiger partial charge in [-0.1, -0.05) is 64.8 Å². The Hall–Kier alpha value is -2.33. The molecule has 4 heteroatoms. The van der Waals surface area contributed by atoms with E-state index in [2.05, 4.69) is 134 Å². The van der Waals surface area contributed by atoms with E-state index in [-0.39, 0.29) is 17.7 Å². The molecule has 38 heavy (non-hydrogen) atoms. The van der Waals surface area contributed by atoms with Crippen molar-refractivity contribution in [3.8, 4) is 0 Å². The van der Waals surface area contributed by atoms with Gasteiger partial charge in [0, 0.05) is 0 Å². The Labute approximate surface area is 244 Å². The number of hydrogen-bond donors (Lipinski definition) is 0. The molecule has 4 aromatic carbocycles. The first kappa shape index (κ1) is 35.7. The molecule has 0 aliphatic rings. The number of rotatable bonds is 4. The predicted octanol–water partition coefficient (Wildman–Crippen LogP) is 7.91.